The van der Waals surface area contributed by atoms with Crippen molar-refractivity contribution < 1.29 is 18.7 Å². The lowest BCUT2D eigenvalue weighted by Gasteiger charge is -2.10. The van der Waals surface area contributed by atoms with E-state index in [1.54, 1.807) is 12.3 Å². The summed E-state index contributed by atoms with van der Waals surface area (Å²) in [5, 5.41) is 12.4. The molecule has 0 aliphatic rings. The van der Waals surface area contributed by atoms with Gasteiger partial charge in [0, 0.05) is 5.38 Å². The van der Waals surface area contributed by atoms with Crippen molar-refractivity contribution in [1.82, 2.24) is 4.98 Å². The van der Waals surface area contributed by atoms with E-state index in [0.717, 1.165) is 11.3 Å². The van der Waals surface area contributed by atoms with Crippen LogP contribution in [0.15, 0.2) is 5.38 Å². The maximum atomic E-state index is 12.6. The molecule has 78 valence electrons. The van der Waals surface area contributed by atoms with Crippen LogP contribution in [0.5, 0.6) is 0 Å². The van der Waals surface area contributed by atoms with Crippen molar-refractivity contribution in [1.29, 1.82) is 0 Å². The molecule has 0 unspecified atom stereocenters. The molecule has 7 heteroatoms. The smallest absolute Gasteiger partial charge is 0.376 e. The van der Waals surface area contributed by atoms with Crippen LogP contribution in [0.2, 0.25) is 0 Å². The topological polar surface area (TPSA) is 62.2 Å². The van der Waals surface area contributed by atoms with E-state index in [4.69, 9.17) is 5.11 Å². The van der Waals surface area contributed by atoms with Gasteiger partial charge in [-0.1, -0.05) is 0 Å². The number of hydrogen-bond acceptors (Lipinski definition) is 4. The monoisotopic (exact) mass is 222 g/mol. The fourth-order valence-corrected chi connectivity index (χ4v) is 1.38. The molecular formula is C7H8F2N2O2S. The molecule has 0 bridgehead atoms. The lowest BCUT2D eigenvalue weighted by atomic mass is 10.3. The van der Waals surface area contributed by atoms with Crippen LogP contribution >= 0.6 is 11.3 Å². The number of aromatic nitrogens is 1. The van der Waals surface area contributed by atoms with Crippen LogP contribution in [-0.4, -0.2) is 28.5 Å². The highest BCUT2D eigenvalue weighted by atomic mass is 32.1. The molecule has 14 heavy (non-hydrogen) atoms. The molecule has 0 spiro atoms. The maximum absolute atomic E-state index is 12.6. The Morgan fingerprint density at radius 2 is 2.43 bits per heavy atom. The number of thiazole rings is 1. The highest BCUT2D eigenvalue weighted by Crippen LogP contribution is 2.18. The van der Waals surface area contributed by atoms with Gasteiger partial charge in [-0.2, -0.15) is 8.78 Å². The highest BCUT2D eigenvalue weighted by molar-refractivity contribution is 7.13. The quantitative estimate of drug-likeness (QED) is 0.812. The van der Waals surface area contributed by atoms with E-state index in [1.165, 1.54) is 0 Å². The molecule has 0 atom stereocenters. The maximum Gasteiger partial charge on any atom is 0.376 e. The number of carbonyl (C=O) groups is 1. The van der Waals surface area contributed by atoms with Crippen LogP contribution < -0.4 is 5.32 Å². The lowest BCUT2D eigenvalue weighted by molar-refractivity contribution is -0.162. The Hall–Kier alpha value is -1.24. The number of nitrogens with one attached hydrogen (secondary N) is 1. The Kier molecular flexibility index (Phi) is 3.00. The minimum Gasteiger partial charge on any atom is -0.477 e. The third kappa shape index (κ3) is 2.63. The van der Waals surface area contributed by atoms with Gasteiger partial charge >= 0.3 is 11.9 Å². The number of nitrogens with zero attached hydrogens (tertiary/aromatic N) is 1. The van der Waals surface area contributed by atoms with Crippen molar-refractivity contribution in [2.45, 2.75) is 12.8 Å². The first kappa shape index (κ1) is 10.8. The first-order valence-electron chi connectivity index (χ1n) is 3.69. The number of carboxylic acid groups (broad SMARTS) is 1. The molecule has 4 nitrogen and oxygen atoms in total. The summed E-state index contributed by atoms with van der Waals surface area (Å²) in [5.41, 5.74) is 0.705. The van der Waals surface area contributed by atoms with Crippen molar-refractivity contribution in [3.8, 4) is 0 Å². The van der Waals surface area contributed by atoms with Gasteiger partial charge in [-0.15, -0.1) is 11.3 Å². The van der Waals surface area contributed by atoms with Gasteiger partial charge in [0.05, 0.1) is 12.2 Å². The summed E-state index contributed by atoms with van der Waals surface area (Å²) in [5.74, 6) is -5.90. The van der Waals surface area contributed by atoms with Crippen LogP contribution in [0.1, 0.15) is 5.69 Å². The molecule has 0 aliphatic carbocycles. The number of alkyl halides is 2. The standard InChI is InChI=1S/C7H8F2N2O2S/c1-4-2-14-6(11-4)10-3-7(8,9)5(12)13/h2H,3H2,1H3,(H,10,11)(H,12,13). The number of aryl methyl sites for hydroxylation is 1. The van der Waals surface area contributed by atoms with Gasteiger partial charge in [-0.05, 0) is 6.92 Å². The molecule has 1 rings (SSSR count). The SMILES string of the molecule is Cc1csc(NCC(F)(F)C(=O)O)n1. The molecule has 0 saturated carbocycles. The van der Waals surface area contributed by atoms with Crippen LogP contribution in [0.3, 0.4) is 0 Å². The molecule has 2 N–H and O–H groups in total. The molecule has 0 aromatic carbocycles. The number of halogens is 2. The fraction of sp³-hybridized carbons (Fsp3) is 0.429. The summed E-state index contributed by atoms with van der Waals surface area (Å²) in [6.07, 6.45) is 0. The van der Waals surface area contributed by atoms with Gasteiger partial charge in [-0.3, -0.25) is 0 Å². The Morgan fingerprint density at radius 1 is 1.79 bits per heavy atom. The largest absolute Gasteiger partial charge is 0.477 e. The molecule has 1 aromatic rings. The van der Waals surface area contributed by atoms with Crippen molar-refractivity contribution in [2.24, 2.45) is 0 Å². The summed E-state index contributed by atoms with van der Waals surface area (Å²) < 4.78 is 25.1. The summed E-state index contributed by atoms with van der Waals surface area (Å²) in [7, 11) is 0. The predicted molar refractivity (Wildman–Crippen MR) is 47.9 cm³/mol. The average Bonchev–Trinajstić information content (AvgIpc) is 2.48. The Balaban J connectivity index is 2.52. The molecule has 0 radical (unpaired) electrons. The van der Waals surface area contributed by atoms with Crippen molar-refractivity contribution in [3.63, 3.8) is 0 Å². The molecule has 0 saturated heterocycles. The highest BCUT2D eigenvalue weighted by Gasteiger charge is 2.38. The van der Waals surface area contributed by atoms with E-state index in [2.05, 4.69) is 10.3 Å². The molecule has 1 aromatic heterocycles. The molecule has 0 amide bonds. The number of anilines is 1. The van der Waals surface area contributed by atoms with Crippen molar-refractivity contribution >= 4 is 22.4 Å². The van der Waals surface area contributed by atoms with Gasteiger partial charge in [0.2, 0.25) is 0 Å². The van der Waals surface area contributed by atoms with Crippen LogP contribution in [0, 0.1) is 6.92 Å². The third-order valence-corrected chi connectivity index (χ3v) is 2.31. The minimum absolute atomic E-state index is 0.295. The van der Waals surface area contributed by atoms with Crippen LogP contribution in [-0.2, 0) is 4.79 Å². The zero-order valence-corrected chi connectivity index (χ0v) is 8.07. The second-order valence-corrected chi connectivity index (χ2v) is 3.52. The number of hydrogen-bond donors (Lipinski definition) is 2. The summed E-state index contributed by atoms with van der Waals surface area (Å²) in [6, 6.07) is 0. The molecule has 1 heterocycles. The second kappa shape index (κ2) is 3.87. The van der Waals surface area contributed by atoms with E-state index in [-0.39, 0.29) is 0 Å². The molecule has 0 fully saturated rings. The summed E-state index contributed by atoms with van der Waals surface area (Å²) in [6.45, 7) is 0.770. The Morgan fingerprint density at radius 3 is 2.86 bits per heavy atom. The molecular weight excluding hydrogens is 214 g/mol. The van der Waals surface area contributed by atoms with E-state index in [0.29, 0.717) is 10.8 Å². The zero-order chi connectivity index (χ0) is 10.8. The second-order valence-electron chi connectivity index (χ2n) is 2.66. The normalized spacial score (nSPS) is 11.4. The first-order valence-corrected chi connectivity index (χ1v) is 4.57. The lowest BCUT2D eigenvalue weighted by Crippen LogP contribution is -2.36. The summed E-state index contributed by atoms with van der Waals surface area (Å²) in [4.78, 5) is 13.9. The Labute approximate surface area is 82.6 Å². The van der Waals surface area contributed by atoms with E-state index in [9.17, 15) is 13.6 Å². The first-order chi connectivity index (χ1) is 6.42. The number of aliphatic carboxylic acids is 1. The molecule has 0 aliphatic heterocycles. The van der Waals surface area contributed by atoms with Crippen molar-refractivity contribution in [3.05, 3.63) is 11.1 Å². The zero-order valence-electron chi connectivity index (χ0n) is 7.25. The average molecular weight is 222 g/mol. The van der Waals surface area contributed by atoms with Gasteiger partial charge in [0.1, 0.15) is 0 Å². The van der Waals surface area contributed by atoms with Crippen LogP contribution in [0.25, 0.3) is 0 Å². The van der Waals surface area contributed by atoms with Crippen LogP contribution in [0.4, 0.5) is 13.9 Å². The summed E-state index contributed by atoms with van der Waals surface area (Å²) >= 11 is 1.15. The van der Waals surface area contributed by atoms with E-state index < -0.39 is 18.4 Å². The predicted octanol–water partition coefficient (Wildman–Crippen LogP) is 1.58. The van der Waals surface area contributed by atoms with Gasteiger partial charge in [0.15, 0.2) is 5.13 Å². The number of rotatable bonds is 4. The van der Waals surface area contributed by atoms with Gasteiger partial charge in [-0.25, -0.2) is 9.78 Å². The van der Waals surface area contributed by atoms with E-state index in [1.807, 2.05) is 0 Å². The van der Waals surface area contributed by atoms with Crippen molar-refractivity contribution in [2.75, 3.05) is 11.9 Å². The number of carboxylic acids is 1. The fourth-order valence-electron chi connectivity index (χ4n) is 0.697. The minimum atomic E-state index is -3.76. The third-order valence-electron chi connectivity index (χ3n) is 1.39. The van der Waals surface area contributed by atoms with Gasteiger partial charge < -0.3 is 10.4 Å². The van der Waals surface area contributed by atoms with Gasteiger partial charge in [0.25, 0.3) is 0 Å². The Bertz CT molecular complexity index is 340. The van der Waals surface area contributed by atoms with E-state index >= 15 is 0 Å².